The molecule has 1 heterocycles. The van der Waals surface area contributed by atoms with Crippen LogP contribution in [0.4, 0.5) is 0 Å². The van der Waals surface area contributed by atoms with Crippen molar-refractivity contribution in [3.05, 3.63) is 30.6 Å². The summed E-state index contributed by atoms with van der Waals surface area (Å²) in [6.45, 7) is 7.16. The van der Waals surface area contributed by atoms with Gasteiger partial charge in [-0.15, -0.1) is 0 Å². The Bertz CT molecular complexity index is 597. The molecule has 3 nitrogen and oxygen atoms in total. The van der Waals surface area contributed by atoms with Gasteiger partial charge in [0.05, 0.1) is 13.2 Å². The standard InChI is InChI=1S/C22H37N2O.ClH/c1-3-5-7-9-10-14-18-25-20-24-19-23(17-13-8-6-4-2)21-15-11-12-16-22(21)24;/h11-12,15-16,19H,3-10,13-14,17-18,20H2,1-2H3;1H/q+1;/p-1. The van der Waals surface area contributed by atoms with Gasteiger partial charge in [0.2, 0.25) is 6.33 Å². The lowest BCUT2D eigenvalue weighted by molar-refractivity contribution is -0.710. The molecule has 0 saturated heterocycles. The first-order chi connectivity index (χ1) is 12.4. The molecule has 1 aromatic heterocycles. The van der Waals surface area contributed by atoms with E-state index in [1.165, 1.54) is 75.2 Å². The van der Waals surface area contributed by atoms with Crippen molar-refractivity contribution in [1.82, 2.24) is 4.57 Å². The quantitative estimate of drug-likeness (QED) is 0.364. The highest BCUT2D eigenvalue weighted by Crippen LogP contribution is 2.13. The molecular formula is C22H37ClN2O. The number of rotatable bonds is 14. The van der Waals surface area contributed by atoms with Crippen LogP contribution in [0.15, 0.2) is 30.6 Å². The minimum atomic E-state index is 0. The molecule has 26 heavy (non-hydrogen) atoms. The zero-order valence-electron chi connectivity index (χ0n) is 16.8. The second kappa shape index (κ2) is 14.1. The molecule has 0 spiro atoms. The smallest absolute Gasteiger partial charge is 0.246 e. The van der Waals surface area contributed by atoms with Crippen molar-refractivity contribution in [1.29, 1.82) is 0 Å². The maximum absolute atomic E-state index is 5.94. The molecule has 4 heteroatoms. The van der Waals surface area contributed by atoms with Crippen LogP contribution in [0.3, 0.4) is 0 Å². The van der Waals surface area contributed by atoms with Crippen LogP contribution in [-0.2, 0) is 18.0 Å². The zero-order chi connectivity index (χ0) is 17.7. The number of aromatic nitrogens is 2. The molecule has 0 radical (unpaired) electrons. The number of benzene rings is 1. The molecule has 0 fully saturated rings. The minimum Gasteiger partial charge on any atom is -1.00 e. The summed E-state index contributed by atoms with van der Waals surface area (Å²) in [5, 5.41) is 0. The van der Waals surface area contributed by atoms with E-state index >= 15 is 0 Å². The van der Waals surface area contributed by atoms with Crippen LogP contribution >= 0.6 is 0 Å². The highest BCUT2D eigenvalue weighted by atomic mass is 35.5. The number of hydrogen-bond donors (Lipinski definition) is 0. The molecule has 0 N–H and O–H groups in total. The fourth-order valence-electron chi connectivity index (χ4n) is 3.38. The molecule has 1 aromatic carbocycles. The number of fused-ring (bicyclic) bond motifs is 1. The Labute approximate surface area is 166 Å². The van der Waals surface area contributed by atoms with E-state index in [-0.39, 0.29) is 12.4 Å². The Hall–Kier alpha value is -1.06. The maximum atomic E-state index is 5.94. The van der Waals surface area contributed by atoms with Gasteiger partial charge >= 0.3 is 0 Å². The third-order valence-electron chi connectivity index (χ3n) is 4.90. The summed E-state index contributed by atoms with van der Waals surface area (Å²) in [4.78, 5) is 0. The molecular weight excluding hydrogens is 344 g/mol. The first-order valence-corrected chi connectivity index (χ1v) is 10.4. The van der Waals surface area contributed by atoms with E-state index in [4.69, 9.17) is 4.74 Å². The van der Waals surface area contributed by atoms with Gasteiger partial charge in [-0.25, -0.2) is 9.13 Å². The average Bonchev–Trinajstić information content (AvgIpc) is 2.99. The number of hydrogen-bond acceptors (Lipinski definition) is 1. The molecule has 0 aliphatic carbocycles. The highest BCUT2D eigenvalue weighted by molar-refractivity contribution is 5.71. The largest absolute Gasteiger partial charge is 1.00 e. The summed E-state index contributed by atoms with van der Waals surface area (Å²) in [5.41, 5.74) is 2.60. The third kappa shape index (κ3) is 7.67. The Morgan fingerprint density at radius 3 is 2.27 bits per heavy atom. The molecule has 148 valence electrons. The Morgan fingerprint density at radius 1 is 0.846 bits per heavy atom. The Balaban J connectivity index is 0.00000338. The predicted octanol–water partition coefficient (Wildman–Crippen LogP) is 2.85. The van der Waals surface area contributed by atoms with Crippen LogP contribution in [0.2, 0.25) is 0 Å². The fraction of sp³-hybridized carbons (Fsp3) is 0.682. The van der Waals surface area contributed by atoms with Crippen molar-refractivity contribution in [2.75, 3.05) is 6.61 Å². The van der Waals surface area contributed by atoms with Crippen molar-refractivity contribution in [3.63, 3.8) is 0 Å². The lowest BCUT2D eigenvalue weighted by Crippen LogP contribution is -3.00. The van der Waals surface area contributed by atoms with Gasteiger partial charge in [0.25, 0.3) is 0 Å². The summed E-state index contributed by atoms with van der Waals surface area (Å²) in [6.07, 6.45) is 15.3. The number of imidazole rings is 1. The van der Waals surface area contributed by atoms with Gasteiger partial charge in [-0.05, 0) is 31.4 Å². The molecule has 0 unspecified atom stereocenters. The summed E-state index contributed by atoms with van der Waals surface area (Å²) in [5.74, 6) is 0. The molecule has 2 aromatic rings. The van der Waals surface area contributed by atoms with Crippen LogP contribution < -0.4 is 17.0 Å². The van der Waals surface area contributed by atoms with Crippen LogP contribution in [0.25, 0.3) is 11.0 Å². The molecule has 2 rings (SSSR count). The van der Waals surface area contributed by atoms with E-state index in [0.29, 0.717) is 6.73 Å². The average molecular weight is 381 g/mol. The number of para-hydroxylation sites is 2. The number of aryl methyl sites for hydroxylation is 1. The SMILES string of the molecule is CCCCCCCCOC[n+]1cn(CCCCCC)c2ccccc21.[Cl-]. The summed E-state index contributed by atoms with van der Waals surface area (Å²) < 4.78 is 10.6. The first kappa shape index (κ1) is 23.0. The van der Waals surface area contributed by atoms with E-state index < -0.39 is 0 Å². The normalized spacial score (nSPS) is 11.0. The van der Waals surface area contributed by atoms with Gasteiger partial charge < -0.3 is 17.1 Å². The summed E-state index contributed by atoms with van der Waals surface area (Å²) in [7, 11) is 0. The summed E-state index contributed by atoms with van der Waals surface area (Å²) in [6, 6.07) is 8.67. The van der Waals surface area contributed by atoms with Gasteiger partial charge in [0.15, 0.2) is 17.8 Å². The second-order valence-corrected chi connectivity index (χ2v) is 7.13. The predicted molar refractivity (Wildman–Crippen MR) is 106 cm³/mol. The lowest BCUT2D eigenvalue weighted by atomic mass is 10.1. The molecule has 0 amide bonds. The number of nitrogens with zero attached hydrogens (tertiary/aromatic N) is 2. The van der Waals surface area contributed by atoms with Gasteiger partial charge in [-0.1, -0.05) is 70.9 Å². The van der Waals surface area contributed by atoms with Crippen molar-refractivity contribution >= 4 is 11.0 Å². The molecule has 0 aliphatic rings. The van der Waals surface area contributed by atoms with Crippen LogP contribution in [0.5, 0.6) is 0 Å². The number of halogens is 1. The monoisotopic (exact) mass is 380 g/mol. The number of unbranched alkanes of at least 4 members (excludes halogenated alkanes) is 8. The highest BCUT2D eigenvalue weighted by Gasteiger charge is 2.14. The summed E-state index contributed by atoms with van der Waals surface area (Å²) >= 11 is 0. The van der Waals surface area contributed by atoms with E-state index in [1.807, 2.05) is 0 Å². The van der Waals surface area contributed by atoms with Gasteiger partial charge in [-0.3, -0.25) is 0 Å². The molecule has 0 aliphatic heterocycles. The third-order valence-corrected chi connectivity index (χ3v) is 4.90. The van der Waals surface area contributed by atoms with Crippen LogP contribution in [0.1, 0.15) is 78.1 Å². The van der Waals surface area contributed by atoms with Crippen molar-refractivity contribution in [2.24, 2.45) is 0 Å². The van der Waals surface area contributed by atoms with Crippen molar-refractivity contribution in [3.8, 4) is 0 Å². The van der Waals surface area contributed by atoms with E-state index in [1.54, 1.807) is 0 Å². The Kier molecular flexibility index (Phi) is 12.4. The zero-order valence-corrected chi connectivity index (χ0v) is 17.5. The van der Waals surface area contributed by atoms with E-state index in [0.717, 1.165) is 13.2 Å². The molecule has 0 bridgehead atoms. The first-order valence-electron chi connectivity index (χ1n) is 10.4. The van der Waals surface area contributed by atoms with E-state index in [9.17, 15) is 0 Å². The van der Waals surface area contributed by atoms with Gasteiger partial charge in [0.1, 0.15) is 0 Å². The topological polar surface area (TPSA) is 18.0 Å². The van der Waals surface area contributed by atoms with Crippen LogP contribution in [0, 0.1) is 0 Å². The van der Waals surface area contributed by atoms with Gasteiger partial charge in [0, 0.05) is 0 Å². The van der Waals surface area contributed by atoms with Crippen molar-refractivity contribution < 1.29 is 21.7 Å². The lowest BCUT2D eigenvalue weighted by Gasteiger charge is -2.02. The Morgan fingerprint density at radius 2 is 1.50 bits per heavy atom. The molecule has 0 saturated carbocycles. The minimum absolute atomic E-state index is 0. The fourth-order valence-corrected chi connectivity index (χ4v) is 3.38. The molecule has 0 atom stereocenters. The van der Waals surface area contributed by atoms with E-state index in [2.05, 4.69) is 53.6 Å². The van der Waals surface area contributed by atoms with Gasteiger partial charge in [-0.2, -0.15) is 0 Å². The van der Waals surface area contributed by atoms with Crippen LogP contribution in [-0.4, -0.2) is 11.2 Å². The maximum Gasteiger partial charge on any atom is 0.246 e. The van der Waals surface area contributed by atoms with Crippen molar-refractivity contribution in [2.45, 2.75) is 91.3 Å². The second-order valence-electron chi connectivity index (χ2n) is 7.13. The number of ether oxygens (including phenoxy) is 1.